The second kappa shape index (κ2) is 5.87. The molecule has 4 heteroatoms. The summed E-state index contributed by atoms with van der Waals surface area (Å²) in [6.45, 7) is 0. The lowest BCUT2D eigenvalue weighted by Gasteiger charge is -2.29. The summed E-state index contributed by atoms with van der Waals surface area (Å²) in [5.74, 6) is 0.673. The SMILES string of the molecule is COC(=O)C1CCCC(c2ccc(OC)cc2)N1. The molecule has 18 heavy (non-hydrogen) atoms. The predicted molar refractivity (Wildman–Crippen MR) is 68.5 cm³/mol. The van der Waals surface area contributed by atoms with Crippen molar-refractivity contribution in [3.63, 3.8) is 0 Å². The van der Waals surface area contributed by atoms with Gasteiger partial charge >= 0.3 is 5.97 Å². The molecule has 1 aromatic rings. The van der Waals surface area contributed by atoms with Gasteiger partial charge in [-0.1, -0.05) is 12.1 Å². The van der Waals surface area contributed by atoms with Crippen molar-refractivity contribution >= 4 is 5.97 Å². The Morgan fingerprint density at radius 2 is 1.94 bits per heavy atom. The normalized spacial score (nSPS) is 23.4. The number of piperidine rings is 1. The number of hydrogen-bond acceptors (Lipinski definition) is 4. The first kappa shape index (κ1) is 12.9. The van der Waals surface area contributed by atoms with E-state index in [2.05, 4.69) is 5.32 Å². The fourth-order valence-corrected chi connectivity index (χ4v) is 2.36. The van der Waals surface area contributed by atoms with E-state index in [1.54, 1.807) is 7.11 Å². The monoisotopic (exact) mass is 249 g/mol. The first-order chi connectivity index (χ1) is 8.74. The van der Waals surface area contributed by atoms with E-state index in [0.29, 0.717) is 0 Å². The Balaban J connectivity index is 2.05. The van der Waals surface area contributed by atoms with Crippen molar-refractivity contribution in [2.75, 3.05) is 14.2 Å². The maximum absolute atomic E-state index is 11.5. The van der Waals surface area contributed by atoms with Crippen LogP contribution in [-0.2, 0) is 9.53 Å². The van der Waals surface area contributed by atoms with Gasteiger partial charge in [-0.2, -0.15) is 0 Å². The Morgan fingerprint density at radius 1 is 1.22 bits per heavy atom. The maximum atomic E-state index is 11.5. The van der Waals surface area contributed by atoms with Crippen LogP contribution in [0.25, 0.3) is 0 Å². The quantitative estimate of drug-likeness (QED) is 0.833. The summed E-state index contributed by atoms with van der Waals surface area (Å²) >= 11 is 0. The van der Waals surface area contributed by atoms with E-state index >= 15 is 0 Å². The highest BCUT2D eigenvalue weighted by Gasteiger charge is 2.27. The van der Waals surface area contributed by atoms with Crippen LogP contribution in [0.15, 0.2) is 24.3 Å². The van der Waals surface area contributed by atoms with Gasteiger partial charge in [0.25, 0.3) is 0 Å². The molecule has 0 bridgehead atoms. The van der Waals surface area contributed by atoms with E-state index in [0.717, 1.165) is 25.0 Å². The summed E-state index contributed by atoms with van der Waals surface area (Å²) in [5.41, 5.74) is 1.18. The first-order valence-corrected chi connectivity index (χ1v) is 6.22. The summed E-state index contributed by atoms with van der Waals surface area (Å²) in [5, 5.41) is 3.34. The number of benzene rings is 1. The van der Waals surface area contributed by atoms with Gasteiger partial charge < -0.3 is 9.47 Å². The van der Waals surface area contributed by atoms with Crippen LogP contribution in [0.3, 0.4) is 0 Å². The number of esters is 1. The molecule has 1 aliphatic heterocycles. The molecule has 2 unspecified atom stereocenters. The van der Waals surface area contributed by atoms with Crippen LogP contribution in [0.2, 0.25) is 0 Å². The number of nitrogens with one attached hydrogen (secondary N) is 1. The maximum Gasteiger partial charge on any atom is 0.322 e. The van der Waals surface area contributed by atoms with E-state index in [9.17, 15) is 4.79 Å². The van der Waals surface area contributed by atoms with Crippen LogP contribution in [0, 0.1) is 0 Å². The molecule has 1 saturated heterocycles. The number of rotatable bonds is 3. The summed E-state index contributed by atoms with van der Waals surface area (Å²) in [7, 11) is 3.09. The Hall–Kier alpha value is -1.55. The molecule has 1 N–H and O–H groups in total. The fraction of sp³-hybridized carbons (Fsp3) is 0.500. The predicted octanol–water partition coefficient (Wildman–Crippen LogP) is 2.05. The molecule has 1 fully saturated rings. The molecule has 2 atom stereocenters. The summed E-state index contributed by atoms with van der Waals surface area (Å²) in [6.07, 6.45) is 2.92. The number of carbonyl (C=O) groups excluding carboxylic acids is 1. The molecule has 0 aromatic heterocycles. The highest BCUT2D eigenvalue weighted by Crippen LogP contribution is 2.27. The van der Waals surface area contributed by atoms with Crippen molar-refractivity contribution in [2.45, 2.75) is 31.3 Å². The first-order valence-electron chi connectivity index (χ1n) is 6.22. The van der Waals surface area contributed by atoms with Crippen molar-refractivity contribution in [3.05, 3.63) is 29.8 Å². The lowest BCUT2D eigenvalue weighted by molar-refractivity contribution is -0.144. The zero-order valence-electron chi connectivity index (χ0n) is 10.8. The van der Waals surface area contributed by atoms with Crippen molar-refractivity contribution in [2.24, 2.45) is 0 Å². The second-order valence-corrected chi connectivity index (χ2v) is 4.50. The third kappa shape index (κ3) is 2.82. The molecule has 1 heterocycles. The average Bonchev–Trinajstić information content (AvgIpc) is 2.46. The minimum atomic E-state index is -0.184. The van der Waals surface area contributed by atoms with Gasteiger partial charge in [0, 0.05) is 6.04 Å². The summed E-state index contributed by atoms with van der Waals surface area (Å²) in [6, 6.07) is 7.99. The highest BCUT2D eigenvalue weighted by molar-refractivity contribution is 5.75. The zero-order valence-corrected chi connectivity index (χ0v) is 10.8. The van der Waals surface area contributed by atoms with Crippen LogP contribution < -0.4 is 10.1 Å². The second-order valence-electron chi connectivity index (χ2n) is 4.50. The molecule has 0 saturated carbocycles. The smallest absolute Gasteiger partial charge is 0.322 e. The van der Waals surface area contributed by atoms with Crippen LogP contribution >= 0.6 is 0 Å². The summed E-state index contributed by atoms with van der Waals surface area (Å²) in [4.78, 5) is 11.5. The average molecular weight is 249 g/mol. The minimum absolute atomic E-state index is 0.173. The van der Waals surface area contributed by atoms with Crippen LogP contribution in [0.4, 0.5) is 0 Å². The van der Waals surface area contributed by atoms with Crippen molar-refractivity contribution in [1.82, 2.24) is 5.32 Å². The molecule has 0 aliphatic carbocycles. The third-order valence-corrected chi connectivity index (χ3v) is 3.39. The molecule has 4 nitrogen and oxygen atoms in total. The van der Waals surface area contributed by atoms with Crippen molar-refractivity contribution in [1.29, 1.82) is 0 Å². The largest absolute Gasteiger partial charge is 0.497 e. The molecular weight excluding hydrogens is 230 g/mol. The number of carbonyl (C=O) groups is 1. The van der Waals surface area contributed by atoms with E-state index in [-0.39, 0.29) is 18.1 Å². The molecule has 98 valence electrons. The fourth-order valence-electron chi connectivity index (χ4n) is 2.36. The Morgan fingerprint density at radius 3 is 2.56 bits per heavy atom. The highest BCUT2D eigenvalue weighted by atomic mass is 16.5. The van der Waals surface area contributed by atoms with E-state index in [1.165, 1.54) is 12.7 Å². The Kier molecular flexibility index (Phi) is 4.20. The van der Waals surface area contributed by atoms with Gasteiger partial charge in [0.05, 0.1) is 14.2 Å². The minimum Gasteiger partial charge on any atom is -0.497 e. The van der Waals surface area contributed by atoms with Crippen LogP contribution in [0.5, 0.6) is 5.75 Å². The van der Waals surface area contributed by atoms with Crippen molar-refractivity contribution in [3.8, 4) is 5.75 Å². The van der Waals surface area contributed by atoms with Gasteiger partial charge in [0.1, 0.15) is 11.8 Å². The van der Waals surface area contributed by atoms with Gasteiger partial charge in [-0.3, -0.25) is 10.1 Å². The Labute approximate surface area is 107 Å². The van der Waals surface area contributed by atoms with E-state index in [1.807, 2.05) is 24.3 Å². The van der Waals surface area contributed by atoms with Gasteiger partial charge in [-0.15, -0.1) is 0 Å². The molecule has 0 amide bonds. The van der Waals surface area contributed by atoms with Gasteiger partial charge in [0.15, 0.2) is 0 Å². The third-order valence-electron chi connectivity index (χ3n) is 3.39. The molecule has 1 aliphatic rings. The topological polar surface area (TPSA) is 47.6 Å². The lowest BCUT2D eigenvalue weighted by Crippen LogP contribution is -2.43. The number of ether oxygens (including phenoxy) is 2. The van der Waals surface area contributed by atoms with Gasteiger partial charge in [-0.05, 0) is 37.0 Å². The Bertz CT molecular complexity index is 402. The zero-order chi connectivity index (χ0) is 13.0. The van der Waals surface area contributed by atoms with Crippen LogP contribution in [0.1, 0.15) is 30.9 Å². The van der Waals surface area contributed by atoms with Gasteiger partial charge in [0.2, 0.25) is 0 Å². The lowest BCUT2D eigenvalue weighted by atomic mass is 9.93. The van der Waals surface area contributed by atoms with Gasteiger partial charge in [-0.25, -0.2) is 0 Å². The molecule has 2 rings (SSSR count). The molecular formula is C14H19NO3. The molecule has 0 radical (unpaired) electrons. The summed E-state index contributed by atoms with van der Waals surface area (Å²) < 4.78 is 9.93. The molecule has 1 aromatic carbocycles. The number of hydrogen-bond donors (Lipinski definition) is 1. The molecule has 0 spiro atoms. The van der Waals surface area contributed by atoms with Crippen molar-refractivity contribution < 1.29 is 14.3 Å². The van der Waals surface area contributed by atoms with E-state index in [4.69, 9.17) is 9.47 Å². The number of methoxy groups -OCH3 is 2. The van der Waals surface area contributed by atoms with E-state index < -0.39 is 0 Å². The van der Waals surface area contributed by atoms with Crippen LogP contribution in [-0.4, -0.2) is 26.2 Å². The standard InChI is InChI=1S/C14H19NO3/c1-17-11-8-6-10(7-9-11)12-4-3-5-13(15-12)14(16)18-2/h6-9,12-13,15H,3-5H2,1-2H3.